The highest BCUT2D eigenvalue weighted by Gasteiger charge is 2.14. The molecule has 0 radical (unpaired) electrons. The number of nitrogens with zero attached hydrogens (tertiary/aromatic N) is 2. The van der Waals surface area contributed by atoms with Crippen LogP contribution < -0.4 is 5.73 Å². The molecule has 0 fully saturated rings. The second-order valence-corrected chi connectivity index (χ2v) is 4.47. The van der Waals surface area contributed by atoms with Crippen molar-refractivity contribution in [3.63, 3.8) is 0 Å². The molecule has 2 N–H and O–H groups in total. The van der Waals surface area contributed by atoms with E-state index in [1.54, 1.807) is 23.2 Å². The van der Waals surface area contributed by atoms with Crippen LogP contribution in [0.3, 0.4) is 0 Å². The first-order valence-electron chi connectivity index (χ1n) is 6.15. The smallest absolute Gasteiger partial charge is 0.272 e. The maximum Gasteiger partial charge on any atom is 0.272 e. The average Bonchev–Trinajstić information content (AvgIpc) is 2.39. The molecule has 0 saturated heterocycles. The molecule has 1 rings (SSSR count). The van der Waals surface area contributed by atoms with Crippen LogP contribution in [0.25, 0.3) is 0 Å². The Labute approximate surface area is 113 Å². The van der Waals surface area contributed by atoms with Crippen molar-refractivity contribution in [2.24, 2.45) is 5.73 Å². The van der Waals surface area contributed by atoms with E-state index >= 15 is 0 Å². The summed E-state index contributed by atoms with van der Waals surface area (Å²) in [6, 6.07) is 3.40. The van der Waals surface area contributed by atoms with Gasteiger partial charge in [0.25, 0.3) is 5.91 Å². The van der Waals surface area contributed by atoms with Crippen LogP contribution in [0.1, 0.15) is 42.7 Å². The normalized spacial score (nSPS) is 10.1. The summed E-state index contributed by atoms with van der Waals surface area (Å²) in [5.74, 6) is -0.0413. The van der Waals surface area contributed by atoms with Crippen LogP contribution in [0, 0.1) is 0 Å². The van der Waals surface area contributed by atoms with E-state index in [-0.39, 0.29) is 5.91 Å². The zero-order chi connectivity index (χ0) is 13.5. The summed E-state index contributed by atoms with van der Waals surface area (Å²) in [5, 5.41) is 0. The number of aromatic nitrogens is 1. The van der Waals surface area contributed by atoms with Crippen molar-refractivity contribution in [2.45, 2.75) is 26.7 Å². The highest BCUT2D eigenvalue weighted by atomic mass is 32.1. The number of pyridine rings is 1. The first kappa shape index (κ1) is 14.6. The van der Waals surface area contributed by atoms with E-state index in [1.807, 2.05) is 6.92 Å². The topological polar surface area (TPSA) is 59.2 Å². The third-order valence-electron chi connectivity index (χ3n) is 2.72. The van der Waals surface area contributed by atoms with E-state index in [2.05, 4.69) is 11.9 Å². The summed E-state index contributed by atoms with van der Waals surface area (Å²) in [5.41, 5.74) is 6.60. The number of unbranched alkanes of at least 4 members (excludes halogenated alkanes) is 1. The number of nitrogens with two attached hydrogens (primary N) is 1. The van der Waals surface area contributed by atoms with Gasteiger partial charge in [-0.25, -0.2) is 0 Å². The van der Waals surface area contributed by atoms with Gasteiger partial charge in [-0.2, -0.15) is 0 Å². The Morgan fingerprint density at radius 2 is 2.17 bits per heavy atom. The lowest BCUT2D eigenvalue weighted by Crippen LogP contribution is -2.32. The molecule has 1 amide bonds. The lowest BCUT2D eigenvalue weighted by molar-refractivity contribution is 0.0756. The van der Waals surface area contributed by atoms with Crippen molar-refractivity contribution in [1.82, 2.24) is 9.88 Å². The van der Waals surface area contributed by atoms with Crippen molar-refractivity contribution in [2.75, 3.05) is 13.1 Å². The molecule has 0 aliphatic carbocycles. The van der Waals surface area contributed by atoms with E-state index in [0.717, 1.165) is 19.4 Å². The predicted molar refractivity (Wildman–Crippen MR) is 76.6 cm³/mol. The molecule has 0 aliphatic heterocycles. The van der Waals surface area contributed by atoms with Crippen molar-refractivity contribution in [3.8, 4) is 0 Å². The van der Waals surface area contributed by atoms with Crippen molar-refractivity contribution in [3.05, 3.63) is 29.6 Å². The summed E-state index contributed by atoms with van der Waals surface area (Å²) in [7, 11) is 0. The highest BCUT2D eigenvalue weighted by molar-refractivity contribution is 7.80. The molecular weight excluding hydrogens is 246 g/mol. The fraction of sp³-hybridized carbons (Fsp3) is 0.462. The second kappa shape index (κ2) is 7.06. The fourth-order valence-electron chi connectivity index (χ4n) is 1.58. The standard InChI is InChI=1S/C13H19N3OS/c1-3-5-8-16(4-2)13(17)11-7-6-10(9-15-11)12(14)18/h6-7,9H,3-5,8H2,1-2H3,(H2,14,18). The van der Waals surface area contributed by atoms with Crippen LogP contribution in [0.4, 0.5) is 0 Å². The van der Waals surface area contributed by atoms with Crippen LogP contribution in [-0.4, -0.2) is 33.9 Å². The average molecular weight is 265 g/mol. The Morgan fingerprint density at radius 3 is 2.61 bits per heavy atom. The van der Waals surface area contributed by atoms with Crippen LogP contribution in [0.15, 0.2) is 18.3 Å². The molecule has 4 nitrogen and oxygen atoms in total. The number of hydrogen-bond donors (Lipinski definition) is 1. The lowest BCUT2D eigenvalue weighted by Gasteiger charge is -2.20. The number of rotatable bonds is 6. The molecule has 1 aromatic rings. The zero-order valence-electron chi connectivity index (χ0n) is 10.8. The molecule has 0 unspecified atom stereocenters. The van der Waals surface area contributed by atoms with Crippen LogP contribution in [0.2, 0.25) is 0 Å². The maximum absolute atomic E-state index is 12.2. The highest BCUT2D eigenvalue weighted by Crippen LogP contribution is 2.05. The van der Waals surface area contributed by atoms with Gasteiger partial charge in [-0.1, -0.05) is 25.6 Å². The monoisotopic (exact) mass is 265 g/mol. The van der Waals surface area contributed by atoms with Gasteiger partial charge in [0.1, 0.15) is 10.7 Å². The lowest BCUT2D eigenvalue weighted by atomic mass is 10.2. The van der Waals surface area contributed by atoms with E-state index in [1.165, 1.54) is 0 Å². The molecule has 0 saturated carbocycles. The van der Waals surface area contributed by atoms with Gasteiger partial charge in [0.05, 0.1) is 0 Å². The number of carbonyl (C=O) groups is 1. The zero-order valence-corrected chi connectivity index (χ0v) is 11.7. The van der Waals surface area contributed by atoms with Crippen LogP contribution in [-0.2, 0) is 0 Å². The first-order valence-corrected chi connectivity index (χ1v) is 6.56. The minimum atomic E-state index is -0.0413. The number of thiocarbonyl (C=S) groups is 1. The van der Waals surface area contributed by atoms with Gasteiger partial charge in [0.15, 0.2) is 0 Å². The van der Waals surface area contributed by atoms with Gasteiger partial charge in [-0.15, -0.1) is 0 Å². The molecule has 5 heteroatoms. The quantitative estimate of drug-likeness (QED) is 0.799. The molecule has 0 atom stereocenters. The summed E-state index contributed by atoms with van der Waals surface area (Å²) in [4.78, 5) is 18.4. The minimum absolute atomic E-state index is 0.0413. The van der Waals surface area contributed by atoms with Crippen LogP contribution >= 0.6 is 12.2 Å². The summed E-state index contributed by atoms with van der Waals surface area (Å²) in [6.45, 7) is 5.53. The van der Waals surface area contributed by atoms with Crippen molar-refractivity contribution < 1.29 is 4.79 Å². The number of amides is 1. The summed E-state index contributed by atoms with van der Waals surface area (Å²) < 4.78 is 0. The second-order valence-electron chi connectivity index (χ2n) is 4.03. The predicted octanol–water partition coefficient (Wildman–Crippen LogP) is 1.98. The molecular formula is C13H19N3OS. The molecule has 98 valence electrons. The number of hydrogen-bond acceptors (Lipinski definition) is 3. The first-order chi connectivity index (χ1) is 8.60. The van der Waals surface area contributed by atoms with Gasteiger partial charge >= 0.3 is 0 Å². The largest absolute Gasteiger partial charge is 0.389 e. The van der Waals surface area contributed by atoms with Gasteiger partial charge in [0, 0.05) is 24.8 Å². The molecule has 0 aliphatic rings. The molecule has 1 heterocycles. The Morgan fingerprint density at radius 1 is 1.44 bits per heavy atom. The number of carbonyl (C=O) groups excluding carboxylic acids is 1. The van der Waals surface area contributed by atoms with Crippen molar-refractivity contribution in [1.29, 1.82) is 0 Å². The van der Waals surface area contributed by atoms with Gasteiger partial charge < -0.3 is 10.6 Å². The SMILES string of the molecule is CCCCN(CC)C(=O)c1ccc(C(N)=S)cn1. The third kappa shape index (κ3) is 3.77. The van der Waals surface area contributed by atoms with Crippen LogP contribution in [0.5, 0.6) is 0 Å². The van der Waals surface area contributed by atoms with Gasteiger partial charge in [0.2, 0.25) is 0 Å². The molecule has 18 heavy (non-hydrogen) atoms. The molecule has 0 bridgehead atoms. The Kier molecular flexibility index (Phi) is 5.71. The summed E-state index contributed by atoms with van der Waals surface area (Å²) in [6.07, 6.45) is 3.62. The van der Waals surface area contributed by atoms with Gasteiger partial charge in [-0.05, 0) is 25.5 Å². The molecule has 1 aromatic heterocycles. The summed E-state index contributed by atoms with van der Waals surface area (Å²) >= 11 is 4.85. The van der Waals surface area contributed by atoms with E-state index in [4.69, 9.17) is 18.0 Å². The van der Waals surface area contributed by atoms with Gasteiger partial charge in [-0.3, -0.25) is 9.78 Å². The van der Waals surface area contributed by atoms with E-state index in [0.29, 0.717) is 22.8 Å². The Hall–Kier alpha value is -1.49. The third-order valence-corrected chi connectivity index (χ3v) is 2.95. The fourth-order valence-corrected chi connectivity index (χ4v) is 1.70. The molecule has 0 aromatic carbocycles. The maximum atomic E-state index is 12.2. The Bertz CT molecular complexity index is 417. The van der Waals surface area contributed by atoms with E-state index in [9.17, 15) is 4.79 Å². The van der Waals surface area contributed by atoms with Crippen molar-refractivity contribution >= 4 is 23.1 Å². The minimum Gasteiger partial charge on any atom is -0.389 e. The Balaban J connectivity index is 2.78. The van der Waals surface area contributed by atoms with E-state index < -0.39 is 0 Å². The molecule has 0 spiro atoms.